The van der Waals surface area contributed by atoms with Crippen LogP contribution in [0.25, 0.3) is 0 Å². The molecule has 0 aliphatic rings. The fraction of sp³-hybridized carbons (Fsp3) is 0.429. The molecule has 0 atom stereocenters. The third-order valence-corrected chi connectivity index (χ3v) is 1.82. The van der Waals surface area contributed by atoms with Gasteiger partial charge >= 0.3 is 0 Å². The molecule has 0 fully saturated rings. The van der Waals surface area contributed by atoms with Gasteiger partial charge in [-0.3, -0.25) is 0 Å². The average Bonchev–Trinajstić information content (AvgIpc) is 2.18. The Morgan fingerprint density at radius 3 is 2.82 bits per heavy atom. The van der Waals surface area contributed by atoms with Crippen LogP contribution in [0.4, 0.5) is 0 Å². The lowest BCUT2D eigenvalue weighted by Crippen LogP contribution is -2.12. The van der Waals surface area contributed by atoms with Crippen molar-refractivity contribution in [3.8, 4) is 0 Å². The molecule has 0 saturated heterocycles. The fourth-order valence-corrected chi connectivity index (χ4v) is 1.02. The normalized spacial score (nSPS) is 10.0. The highest BCUT2D eigenvalue weighted by atomic mass is 32.1. The van der Waals surface area contributed by atoms with Gasteiger partial charge in [0.05, 0.1) is 17.0 Å². The highest BCUT2D eigenvalue weighted by Crippen LogP contribution is 2.04. The molecule has 0 saturated carbocycles. The zero-order chi connectivity index (χ0) is 8.43. The van der Waals surface area contributed by atoms with Gasteiger partial charge in [-0.25, -0.2) is 4.98 Å². The lowest BCUT2D eigenvalue weighted by Gasteiger charge is -1.97. The summed E-state index contributed by atoms with van der Waals surface area (Å²) in [6.07, 6.45) is 2.37. The van der Waals surface area contributed by atoms with Gasteiger partial charge in [-0.2, -0.15) is 0 Å². The van der Waals surface area contributed by atoms with Gasteiger partial charge in [0, 0.05) is 19.2 Å². The molecule has 0 spiro atoms. The van der Waals surface area contributed by atoms with E-state index in [-0.39, 0.29) is 0 Å². The molecule has 0 unspecified atom stereocenters. The SMILES string of the molecule is Cc1c(CC(N)=S)ncn1C. The van der Waals surface area contributed by atoms with Crippen LogP contribution in [0, 0.1) is 6.92 Å². The van der Waals surface area contributed by atoms with Crippen LogP contribution < -0.4 is 5.73 Å². The molecule has 1 aromatic rings. The van der Waals surface area contributed by atoms with Gasteiger partial charge in [0.15, 0.2) is 0 Å². The van der Waals surface area contributed by atoms with E-state index in [1.54, 1.807) is 6.33 Å². The van der Waals surface area contributed by atoms with Crippen molar-refractivity contribution in [3.63, 3.8) is 0 Å². The van der Waals surface area contributed by atoms with Crippen LogP contribution in [0.3, 0.4) is 0 Å². The monoisotopic (exact) mass is 169 g/mol. The quantitative estimate of drug-likeness (QED) is 0.658. The van der Waals surface area contributed by atoms with Crippen molar-refractivity contribution >= 4 is 17.2 Å². The Kier molecular flexibility index (Phi) is 2.24. The molecule has 1 aromatic heterocycles. The number of hydrogen-bond donors (Lipinski definition) is 1. The van der Waals surface area contributed by atoms with Crippen molar-refractivity contribution < 1.29 is 0 Å². The van der Waals surface area contributed by atoms with Crippen molar-refractivity contribution in [2.75, 3.05) is 0 Å². The van der Waals surface area contributed by atoms with E-state index in [9.17, 15) is 0 Å². The van der Waals surface area contributed by atoms with E-state index in [1.165, 1.54) is 0 Å². The summed E-state index contributed by atoms with van der Waals surface area (Å²) in [5, 5.41) is 0. The van der Waals surface area contributed by atoms with Crippen molar-refractivity contribution in [1.29, 1.82) is 0 Å². The van der Waals surface area contributed by atoms with Gasteiger partial charge in [-0.05, 0) is 6.92 Å². The molecule has 4 heteroatoms. The van der Waals surface area contributed by atoms with Gasteiger partial charge < -0.3 is 10.3 Å². The predicted molar refractivity (Wildman–Crippen MR) is 48.4 cm³/mol. The van der Waals surface area contributed by atoms with Crippen molar-refractivity contribution in [2.45, 2.75) is 13.3 Å². The van der Waals surface area contributed by atoms with E-state index in [1.807, 2.05) is 18.5 Å². The number of nitrogens with two attached hydrogens (primary N) is 1. The standard InChI is InChI=1S/C7H11N3S/c1-5-6(3-7(8)11)9-4-10(5)2/h4H,3H2,1-2H3,(H2,8,11). The van der Waals surface area contributed by atoms with Crippen molar-refractivity contribution in [3.05, 3.63) is 17.7 Å². The first-order valence-electron chi connectivity index (χ1n) is 3.36. The first-order chi connectivity index (χ1) is 5.11. The Balaban J connectivity index is 2.87. The second kappa shape index (κ2) is 3.00. The number of hydrogen-bond acceptors (Lipinski definition) is 2. The molecule has 0 aliphatic heterocycles. The van der Waals surface area contributed by atoms with E-state index in [4.69, 9.17) is 18.0 Å². The van der Waals surface area contributed by atoms with Gasteiger partial charge in [-0.1, -0.05) is 12.2 Å². The summed E-state index contributed by atoms with van der Waals surface area (Å²) >= 11 is 4.77. The summed E-state index contributed by atoms with van der Waals surface area (Å²) in [4.78, 5) is 4.64. The molecular formula is C7H11N3S. The van der Waals surface area contributed by atoms with Crippen LogP contribution in [-0.2, 0) is 13.5 Å². The largest absolute Gasteiger partial charge is 0.393 e. The molecule has 0 amide bonds. The Labute approximate surface area is 71.2 Å². The maximum Gasteiger partial charge on any atom is 0.0949 e. The summed E-state index contributed by atoms with van der Waals surface area (Å²) < 4.78 is 1.95. The Bertz CT molecular complexity index is 277. The zero-order valence-corrected chi connectivity index (χ0v) is 7.48. The topological polar surface area (TPSA) is 43.8 Å². The summed E-state index contributed by atoms with van der Waals surface area (Å²) in [5.74, 6) is 0. The number of imidazole rings is 1. The number of aryl methyl sites for hydroxylation is 1. The molecule has 60 valence electrons. The van der Waals surface area contributed by atoms with E-state index in [2.05, 4.69) is 4.98 Å². The van der Waals surface area contributed by atoms with Crippen LogP contribution >= 0.6 is 12.2 Å². The van der Waals surface area contributed by atoms with Gasteiger partial charge in [0.2, 0.25) is 0 Å². The van der Waals surface area contributed by atoms with Crippen LogP contribution in [0.1, 0.15) is 11.4 Å². The van der Waals surface area contributed by atoms with Crippen LogP contribution in [0.5, 0.6) is 0 Å². The predicted octanol–water partition coefficient (Wildman–Crippen LogP) is 0.557. The van der Waals surface area contributed by atoms with Gasteiger partial charge in [-0.15, -0.1) is 0 Å². The number of nitrogens with zero attached hydrogens (tertiary/aromatic N) is 2. The third-order valence-electron chi connectivity index (χ3n) is 1.68. The van der Waals surface area contributed by atoms with Crippen LogP contribution in [0.15, 0.2) is 6.33 Å². The molecule has 0 bridgehead atoms. The fourth-order valence-electron chi connectivity index (χ4n) is 0.878. The molecule has 0 aliphatic carbocycles. The lowest BCUT2D eigenvalue weighted by molar-refractivity contribution is 0.870. The van der Waals surface area contributed by atoms with Gasteiger partial charge in [0.25, 0.3) is 0 Å². The highest BCUT2D eigenvalue weighted by molar-refractivity contribution is 7.80. The second-order valence-electron chi connectivity index (χ2n) is 2.53. The molecule has 2 N–H and O–H groups in total. The Morgan fingerprint density at radius 1 is 1.82 bits per heavy atom. The van der Waals surface area contributed by atoms with Crippen LogP contribution in [-0.4, -0.2) is 14.5 Å². The summed E-state index contributed by atoms with van der Waals surface area (Å²) in [6, 6.07) is 0. The maximum atomic E-state index is 5.38. The minimum atomic E-state index is 0.492. The minimum absolute atomic E-state index is 0.492. The number of aromatic nitrogens is 2. The van der Waals surface area contributed by atoms with E-state index in [0.717, 1.165) is 11.4 Å². The molecule has 1 heterocycles. The molecular weight excluding hydrogens is 158 g/mol. The first-order valence-corrected chi connectivity index (χ1v) is 3.77. The maximum absolute atomic E-state index is 5.38. The van der Waals surface area contributed by atoms with E-state index >= 15 is 0 Å². The molecule has 11 heavy (non-hydrogen) atoms. The summed E-state index contributed by atoms with van der Waals surface area (Å²) in [7, 11) is 1.95. The highest BCUT2D eigenvalue weighted by Gasteiger charge is 2.03. The average molecular weight is 169 g/mol. The molecule has 3 nitrogen and oxygen atoms in total. The Hall–Kier alpha value is -0.900. The minimum Gasteiger partial charge on any atom is -0.393 e. The van der Waals surface area contributed by atoms with Crippen molar-refractivity contribution in [2.24, 2.45) is 12.8 Å². The van der Waals surface area contributed by atoms with Crippen LogP contribution in [0.2, 0.25) is 0 Å². The van der Waals surface area contributed by atoms with E-state index < -0.39 is 0 Å². The van der Waals surface area contributed by atoms with Crippen molar-refractivity contribution in [1.82, 2.24) is 9.55 Å². The smallest absolute Gasteiger partial charge is 0.0949 e. The van der Waals surface area contributed by atoms with Gasteiger partial charge in [0.1, 0.15) is 0 Å². The summed E-state index contributed by atoms with van der Waals surface area (Å²) in [5.41, 5.74) is 7.48. The summed E-state index contributed by atoms with van der Waals surface area (Å²) in [6.45, 7) is 2.00. The molecule has 1 rings (SSSR count). The zero-order valence-electron chi connectivity index (χ0n) is 6.66. The first kappa shape index (κ1) is 8.20. The lowest BCUT2D eigenvalue weighted by atomic mass is 10.2. The number of rotatable bonds is 2. The second-order valence-corrected chi connectivity index (χ2v) is 3.06. The molecule has 0 aromatic carbocycles. The third kappa shape index (κ3) is 1.77. The molecule has 0 radical (unpaired) electrons. The Morgan fingerprint density at radius 2 is 2.45 bits per heavy atom. The number of thiocarbonyl (C=S) groups is 1. The van der Waals surface area contributed by atoms with E-state index in [0.29, 0.717) is 11.4 Å².